The normalized spacial score (nSPS) is 31.0. The number of nitrogens with one attached hydrogen (secondary N) is 1. The molecule has 3 heteroatoms. The van der Waals surface area contributed by atoms with Crippen LogP contribution in [0.2, 0.25) is 0 Å². The van der Waals surface area contributed by atoms with Crippen LogP contribution >= 0.6 is 8.52 Å². The lowest BCUT2D eigenvalue weighted by Gasteiger charge is -2.25. The Kier molecular flexibility index (Phi) is 2.62. The summed E-state index contributed by atoms with van der Waals surface area (Å²) in [7, 11) is 0.705. The van der Waals surface area contributed by atoms with Crippen LogP contribution in [0.25, 0.3) is 0 Å². The lowest BCUT2D eigenvalue weighted by atomic mass is 10.0. The van der Waals surface area contributed by atoms with E-state index in [-0.39, 0.29) is 0 Å². The lowest BCUT2D eigenvalue weighted by molar-refractivity contribution is 0.299. The van der Waals surface area contributed by atoms with Crippen LogP contribution in [0, 0.1) is 11.1 Å². The zero-order valence-corrected chi connectivity index (χ0v) is 6.69. The molecule has 1 fully saturated rings. The minimum Gasteiger partial charge on any atom is -0.269 e. The van der Waals surface area contributed by atoms with E-state index in [1.807, 2.05) is 0 Å². The molecule has 2 nitrogen and oxygen atoms in total. The van der Waals surface area contributed by atoms with Gasteiger partial charge in [0.2, 0.25) is 0 Å². The van der Waals surface area contributed by atoms with Gasteiger partial charge in [0.25, 0.3) is 0 Å². The van der Waals surface area contributed by atoms with Gasteiger partial charge in [0.15, 0.2) is 0 Å². The van der Waals surface area contributed by atoms with Crippen LogP contribution in [0.15, 0.2) is 0 Å². The zero-order valence-electron chi connectivity index (χ0n) is 5.80. The Morgan fingerprint density at radius 3 is 2.89 bits per heavy atom. The molecule has 1 aliphatic rings. The van der Waals surface area contributed by atoms with Crippen LogP contribution in [-0.2, 0) is 0 Å². The topological polar surface area (TPSA) is 27.1 Å². The predicted octanol–water partition coefficient (Wildman–Crippen LogP) is 2.34. The molecule has 0 aromatic carbocycles. The summed E-state index contributed by atoms with van der Waals surface area (Å²) >= 11 is 0. The molecule has 0 aliphatic carbocycles. The van der Waals surface area contributed by atoms with Crippen molar-refractivity contribution in [3.63, 3.8) is 0 Å². The smallest absolute Gasteiger partial charge is 0.0903 e. The lowest BCUT2D eigenvalue weighted by Crippen LogP contribution is -2.26. The van der Waals surface area contributed by atoms with Gasteiger partial charge in [-0.2, -0.15) is 0 Å². The van der Waals surface area contributed by atoms with Gasteiger partial charge in [0, 0.05) is 13.1 Å². The molecular weight excluding hydrogens is 131 g/mol. The molecule has 1 heterocycles. The standard InChI is InChI=1S/C6H13N2P/c1-6-3-2-4-8(5-6)9-7/h6-7H,2-5H2,1H3/t6-/m0/s1. The quantitative estimate of drug-likeness (QED) is 0.562. The molecule has 0 aromatic heterocycles. The highest BCUT2D eigenvalue weighted by molar-refractivity contribution is 7.22. The maximum absolute atomic E-state index is 7.09. The average Bonchev–Trinajstić information content (AvgIpc) is 1.88. The summed E-state index contributed by atoms with van der Waals surface area (Å²) < 4.78 is 2.17. The summed E-state index contributed by atoms with van der Waals surface area (Å²) in [5.74, 6) is 0.816. The van der Waals surface area contributed by atoms with Crippen LogP contribution in [0.3, 0.4) is 0 Å². The maximum atomic E-state index is 7.09. The Morgan fingerprint density at radius 1 is 1.67 bits per heavy atom. The second kappa shape index (κ2) is 3.28. The Bertz CT molecular complexity index is 105. The van der Waals surface area contributed by atoms with Crippen molar-refractivity contribution in [2.45, 2.75) is 19.8 Å². The SMILES string of the molecule is C[C@H]1CCCN(P=N)C1. The Labute approximate surface area is 58.0 Å². The zero-order chi connectivity index (χ0) is 6.69. The first kappa shape index (κ1) is 7.17. The highest BCUT2D eigenvalue weighted by Crippen LogP contribution is 2.20. The molecule has 1 rings (SSSR count). The Hall–Kier alpha value is 0.0600. The second-order valence-electron chi connectivity index (χ2n) is 2.76. The number of piperidine rings is 1. The van der Waals surface area contributed by atoms with Crippen molar-refractivity contribution in [1.82, 2.24) is 4.67 Å². The van der Waals surface area contributed by atoms with Crippen molar-refractivity contribution in [3.8, 4) is 0 Å². The molecule has 9 heavy (non-hydrogen) atoms. The van der Waals surface area contributed by atoms with Crippen molar-refractivity contribution in [2.24, 2.45) is 5.92 Å². The fourth-order valence-electron chi connectivity index (χ4n) is 1.26. The molecular formula is C6H13N2P. The van der Waals surface area contributed by atoms with E-state index in [9.17, 15) is 0 Å². The molecule has 0 bridgehead atoms. The number of rotatable bonds is 1. The molecule has 52 valence electrons. The Morgan fingerprint density at radius 2 is 2.44 bits per heavy atom. The van der Waals surface area contributed by atoms with Crippen molar-refractivity contribution < 1.29 is 0 Å². The molecule has 0 aromatic rings. The minimum atomic E-state index is 0.705. The van der Waals surface area contributed by atoms with Crippen LogP contribution in [0.1, 0.15) is 19.8 Å². The molecule has 0 unspecified atom stereocenters. The van der Waals surface area contributed by atoms with Gasteiger partial charge in [0.1, 0.15) is 0 Å². The third-order valence-electron chi connectivity index (χ3n) is 1.78. The molecule has 0 amide bonds. The third-order valence-corrected chi connectivity index (χ3v) is 2.42. The van der Waals surface area contributed by atoms with E-state index >= 15 is 0 Å². The first-order valence-corrected chi connectivity index (χ1v) is 4.30. The fourth-order valence-corrected chi connectivity index (χ4v) is 1.86. The van der Waals surface area contributed by atoms with Crippen molar-refractivity contribution >= 4 is 8.52 Å². The monoisotopic (exact) mass is 144 g/mol. The maximum Gasteiger partial charge on any atom is 0.0903 e. The minimum absolute atomic E-state index is 0.705. The van der Waals surface area contributed by atoms with Crippen LogP contribution in [-0.4, -0.2) is 17.8 Å². The van der Waals surface area contributed by atoms with Crippen molar-refractivity contribution in [1.29, 1.82) is 5.16 Å². The molecule has 1 N–H and O–H groups in total. The Balaban J connectivity index is 2.31. The van der Waals surface area contributed by atoms with Crippen LogP contribution in [0.5, 0.6) is 0 Å². The van der Waals surface area contributed by atoms with E-state index in [0.29, 0.717) is 8.52 Å². The molecule has 1 saturated heterocycles. The van der Waals surface area contributed by atoms with Gasteiger partial charge in [-0.05, 0) is 18.8 Å². The highest BCUT2D eigenvalue weighted by Gasteiger charge is 2.13. The fraction of sp³-hybridized carbons (Fsp3) is 1.00. The summed E-state index contributed by atoms with van der Waals surface area (Å²) in [6.45, 7) is 4.53. The second-order valence-corrected chi connectivity index (χ2v) is 3.53. The van der Waals surface area contributed by atoms with E-state index < -0.39 is 0 Å². The first-order chi connectivity index (χ1) is 4.33. The molecule has 0 spiro atoms. The molecule has 0 radical (unpaired) electrons. The largest absolute Gasteiger partial charge is 0.269 e. The van der Waals surface area contributed by atoms with E-state index in [0.717, 1.165) is 19.0 Å². The van der Waals surface area contributed by atoms with Gasteiger partial charge in [0.05, 0.1) is 8.52 Å². The van der Waals surface area contributed by atoms with Gasteiger partial charge in [-0.15, -0.1) is 0 Å². The van der Waals surface area contributed by atoms with Crippen LogP contribution < -0.4 is 0 Å². The van der Waals surface area contributed by atoms with Gasteiger partial charge < -0.3 is 0 Å². The summed E-state index contributed by atoms with van der Waals surface area (Å²) in [5, 5.41) is 7.09. The number of nitrogens with zero attached hydrogens (tertiary/aromatic N) is 1. The number of hydrogen-bond donors (Lipinski definition) is 1. The van der Waals surface area contributed by atoms with Crippen LogP contribution in [0.4, 0.5) is 0 Å². The van der Waals surface area contributed by atoms with E-state index in [4.69, 9.17) is 5.16 Å². The summed E-state index contributed by atoms with van der Waals surface area (Å²) in [5.41, 5.74) is 0. The average molecular weight is 144 g/mol. The molecule has 1 aliphatic heterocycles. The summed E-state index contributed by atoms with van der Waals surface area (Å²) in [6.07, 6.45) is 2.64. The predicted molar refractivity (Wildman–Crippen MR) is 39.6 cm³/mol. The summed E-state index contributed by atoms with van der Waals surface area (Å²) in [6, 6.07) is 0. The van der Waals surface area contributed by atoms with E-state index in [2.05, 4.69) is 11.6 Å². The van der Waals surface area contributed by atoms with Gasteiger partial charge >= 0.3 is 0 Å². The van der Waals surface area contributed by atoms with Crippen molar-refractivity contribution in [3.05, 3.63) is 0 Å². The highest BCUT2D eigenvalue weighted by atomic mass is 31.1. The molecule has 0 saturated carbocycles. The van der Waals surface area contributed by atoms with E-state index in [1.165, 1.54) is 12.8 Å². The van der Waals surface area contributed by atoms with Gasteiger partial charge in [-0.3, -0.25) is 5.16 Å². The van der Waals surface area contributed by atoms with Crippen molar-refractivity contribution in [2.75, 3.05) is 13.1 Å². The van der Waals surface area contributed by atoms with Gasteiger partial charge in [-0.1, -0.05) is 6.92 Å². The summed E-state index contributed by atoms with van der Waals surface area (Å²) in [4.78, 5) is 0. The molecule has 1 atom stereocenters. The van der Waals surface area contributed by atoms with Gasteiger partial charge in [-0.25, -0.2) is 4.67 Å². The first-order valence-electron chi connectivity index (χ1n) is 3.45. The van der Waals surface area contributed by atoms with E-state index in [1.54, 1.807) is 0 Å². The number of hydrogen-bond acceptors (Lipinski definition) is 1. The third kappa shape index (κ3) is 2.04.